The number of carbonyl (C=O) groups excluding carboxylic acids is 1. The summed E-state index contributed by atoms with van der Waals surface area (Å²) < 4.78 is 0. The van der Waals surface area contributed by atoms with Gasteiger partial charge in [0, 0.05) is 23.9 Å². The van der Waals surface area contributed by atoms with Gasteiger partial charge >= 0.3 is 0 Å². The number of nitrogens with zero attached hydrogens (tertiary/aromatic N) is 1. The van der Waals surface area contributed by atoms with E-state index < -0.39 is 0 Å². The zero-order valence-electron chi connectivity index (χ0n) is 10.0. The smallest absolute Gasteiger partial charge is 0.146 e. The molecule has 0 saturated heterocycles. The molecule has 2 rings (SSSR count). The van der Waals surface area contributed by atoms with Gasteiger partial charge in [-0.05, 0) is 36.8 Å². The van der Waals surface area contributed by atoms with Crippen LogP contribution in [0.4, 0.5) is 0 Å². The van der Waals surface area contributed by atoms with Crippen LogP contribution in [0.1, 0.15) is 43.2 Å². The Balaban J connectivity index is 2.01. The van der Waals surface area contributed by atoms with Crippen LogP contribution in [0.5, 0.6) is 0 Å². The first kappa shape index (κ1) is 11.8. The van der Waals surface area contributed by atoms with E-state index in [1.54, 1.807) is 0 Å². The van der Waals surface area contributed by atoms with Gasteiger partial charge in [-0.1, -0.05) is 6.92 Å². The Bertz CT molecular complexity index is 372. The fraction of sp³-hybridized carbons (Fsp3) is 0.615. The van der Waals surface area contributed by atoms with Crippen molar-refractivity contribution >= 4 is 17.1 Å². The van der Waals surface area contributed by atoms with Gasteiger partial charge in [-0.25, -0.2) is 0 Å². The average Bonchev–Trinajstić information content (AvgIpc) is 2.71. The summed E-state index contributed by atoms with van der Waals surface area (Å²) in [5.74, 6) is 0.382. The molecule has 3 heteroatoms. The number of hydrogen-bond donors (Lipinski definition) is 0. The van der Waals surface area contributed by atoms with E-state index in [1.807, 2.05) is 11.3 Å². The molecule has 2 nitrogen and oxygen atoms in total. The predicted octanol–water partition coefficient (Wildman–Crippen LogP) is 3.04. The summed E-state index contributed by atoms with van der Waals surface area (Å²) in [5, 5.41) is 2.17. The Morgan fingerprint density at radius 3 is 3.19 bits per heavy atom. The van der Waals surface area contributed by atoms with Crippen molar-refractivity contribution in [2.24, 2.45) is 0 Å². The molecule has 0 saturated carbocycles. The highest BCUT2D eigenvalue weighted by atomic mass is 32.1. The molecule has 1 aromatic rings. The van der Waals surface area contributed by atoms with Crippen molar-refractivity contribution in [2.45, 2.75) is 39.2 Å². The SMILES string of the molecule is CCCC(=O)CN1CCc2sccc2C1C. The quantitative estimate of drug-likeness (QED) is 0.802. The van der Waals surface area contributed by atoms with Crippen molar-refractivity contribution in [3.05, 3.63) is 21.9 Å². The monoisotopic (exact) mass is 237 g/mol. The van der Waals surface area contributed by atoms with Gasteiger partial charge in [0.15, 0.2) is 0 Å². The minimum atomic E-state index is 0.382. The summed E-state index contributed by atoms with van der Waals surface area (Å²) in [6.45, 7) is 5.94. The van der Waals surface area contributed by atoms with Crippen LogP contribution in [0, 0.1) is 0 Å². The molecule has 0 aliphatic carbocycles. The second-order valence-corrected chi connectivity index (χ2v) is 5.48. The van der Waals surface area contributed by atoms with E-state index in [9.17, 15) is 4.79 Å². The minimum Gasteiger partial charge on any atom is -0.298 e. The maximum atomic E-state index is 11.7. The van der Waals surface area contributed by atoms with E-state index in [4.69, 9.17) is 0 Å². The molecule has 0 aromatic carbocycles. The number of thiophene rings is 1. The summed E-state index contributed by atoms with van der Waals surface area (Å²) in [6, 6.07) is 2.62. The fourth-order valence-corrected chi connectivity index (χ4v) is 3.32. The van der Waals surface area contributed by atoms with E-state index in [1.165, 1.54) is 10.4 Å². The van der Waals surface area contributed by atoms with Gasteiger partial charge < -0.3 is 0 Å². The number of hydrogen-bond acceptors (Lipinski definition) is 3. The molecule has 1 atom stereocenters. The third kappa shape index (κ3) is 2.36. The minimum absolute atomic E-state index is 0.382. The van der Waals surface area contributed by atoms with Crippen molar-refractivity contribution in [1.29, 1.82) is 0 Å². The Hall–Kier alpha value is -0.670. The van der Waals surface area contributed by atoms with E-state index >= 15 is 0 Å². The summed E-state index contributed by atoms with van der Waals surface area (Å²) in [4.78, 5) is 15.5. The van der Waals surface area contributed by atoms with Crippen LogP contribution in [0.25, 0.3) is 0 Å². The molecular formula is C13H19NOS. The van der Waals surface area contributed by atoms with Crippen LogP contribution < -0.4 is 0 Å². The summed E-state index contributed by atoms with van der Waals surface area (Å²) in [5.41, 5.74) is 1.43. The lowest BCUT2D eigenvalue weighted by Gasteiger charge is -2.32. The molecule has 1 aromatic heterocycles. The van der Waals surface area contributed by atoms with Gasteiger partial charge in [-0.2, -0.15) is 0 Å². The third-order valence-electron chi connectivity index (χ3n) is 3.31. The zero-order chi connectivity index (χ0) is 11.5. The van der Waals surface area contributed by atoms with Crippen LogP contribution >= 0.6 is 11.3 Å². The lowest BCUT2D eigenvalue weighted by molar-refractivity contribution is -0.120. The highest BCUT2D eigenvalue weighted by molar-refractivity contribution is 7.10. The van der Waals surface area contributed by atoms with E-state index in [0.717, 1.165) is 25.8 Å². The Labute approximate surface area is 101 Å². The standard InChI is InChI=1S/C13H19NOS/c1-3-4-11(15)9-14-7-5-13-12(10(14)2)6-8-16-13/h6,8,10H,3-5,7,9H2,1-2H3. The Morgan fingerprint density at radius 1 is 1.62 bits per heavy atom. The Morgan fingerprint density at radius 2 is 2.44 bits per heavy atom. The lowest BCUT2D eigenvalue weighted by atomic mass is 10.0. The predicted molar refractivity (Wildman–Crippen MR) is 67.9 cm³/mol. The fourth-order valence-electron chi connectivity index (χ4n) is 2.36. The molecule has 0 spiro atoms. The third-order valence-corrected chi connectivity index (χ3v) is 4.31. The van der Waals surface area contributed by atoms with E-state index in [2.05, 4.69) is 30.2 Å². The number of Topliss-reactive ketones (excluding diaryl/α,β-unsaturated/α-hetero) is 1. The molecule has 0 radical (unpaired) electrons. The first-order valence-electron chi connectivity index (χ1n) is 6.04. The normalized spacial score (nSPS) is 20.8. The van der Waals surface area contributed by atoms with Gasteiger partial charge in [0.05, 0.1) is 6.54 Å². The molecular weight excluding hydrogens is 218 g/mol. The van der Waals surface area contributed by atoms with Crippen molar-refractivity contribution in [3.63, 3.8) is 0 Å². The second-order valence-electron chi connectivity index (χ2n) is 4.48. The maximum Gasteiger partial charge on any atom is 0.146 e. The van der Waals surface area contributed by atoms with Gasteiger partial charge in [0.25, 0.3) is 0 Å². The van der Waals surface area contributed by atoms with Gasteiger partial charge in [-0.15, -0.1) is 11.3 Å². The molecule has 1 unspecified atom stereocenters. The van der Waals surface area contributed by atoms with E-state index in [-0.39, 0.29) is 0 Å². The van der Waals surface area contributed by atoms with Crippen LogP contribution in [-0.2, 0) is 11.2 Å². The van der Waals surface area contributed by atoms with Crippen LogP contribution in [0.15, 0.2) is 11.4 Å². The van der Waals surface area contributed by atoms with Crippen molar-refractivity contribution in [3.8, 4) is 0 Å². The summed E-state index contributed by atoms with van der Waals surface area (Å²) in [7, 11) is 0. The zero-order valence-corrected chi connectivity index (χ0v) is 10.8. The molecule has 2 heterocycles. The molecule has 16 heavy (non-hydrogen) atoms. The topological polar surface area (TPSA) is 20.3 Å². The largest absolute Gasteiger partial charge is 0.298 e. The number of fused-ring (bicyclic) bond motifs is 1. The van der Waals surface area contributed by atoms with Crippen molar-refractivity contribution in [1.82, 2.24) is 4.90 Å². The van der Waals surface area contributed by atoms with Gasteiger partial charge in [0.1, 0.15) is 5.78 Å². The summed E-state index contributed by atoms with van der Waals surface area (Å²) >= 11 is 1.85. The number of carbonyl (C=O) groups is 1. The first-order chi connectivity index (χ1) is 7.72. The van der Waals surface area contributed by atoms with Gasteiger partial charge in [0.2, 0.25) is 0 Å². The molecule has 0 N–H and O–H groups in total. The van der Waals surface area contributed by atoms with Crippen LogP contribution in [-0.4, -0.2) is 23.8 Å². The second kappa shape index (κ2) is 5.11. The number of ketones is 1. The Kier molecular flexibility index (Phi) is 3.77. The molecule has 0 bridgehead atoms. The highest BCUT2D eigenvalue weighted by Crippen LogP contribution is 2.32. The summed E-state index contributed by atoms with van der Waals surface area (Å²) in [6.07, 6.45) is 2.79. The maximum absolute atomic E-state index is 11.7. The van der Waals surface area contributed by atoms with E-state index in [0.29, 0.717) is 18.4 Å². The lowest BCUT2D eigenvalue weighted by Crippen LogP contribution is -2.37. The van der Waals surface area contributed by atoms with Crippen molar-refractivity contribution < 1.29 is 4.79 Å². The first-order valence-corrected chi connectivity index (χ1v) is 6.92. The molecule has 1 aliphatic rings. The number of rotatable bonds is 4. The van der Waals surface area contributed by atoms with Crippen LogP contribution in [0.2, 0.25) is 0 Å². The van der Waals surface area contributed by atoms with Crippen molar-refractivity contribution in [2.75, 3.05) is 13.1 Å². The van der Waals surface area contributed by atoms with Gasteiger partial charge in [-0.3, -0.25) is 9.69 Å². The molecule has 0 fully saturated rings. The van der Waals surface area contributed by atoms with Crippen LogP contribution in [0.3, 0.4) is 0 Å². The molecule has 1 aliphatic heterocycles. The average molecular weight is 237 g/mol. The highest BCUT2D eigenvalue weighted by Gasteiger charge is 2.25. The molecule has 88 valence electrons. The molecule has 0 amide bonds.